The Morgan fingerprint density at radius 2 is 2.42 bits per heavy atom. The van der Waals surface area contributed by atoms with E-state index in [-0.39, 0.29) is 0 Å². The molecule has 0 aliphatic heterocycles. The van der Waals surface area contributed by atoms with Crippen LogP contribution in [0.15, 0.2) is 31.1 Å². The molecule has 60 valence electrons. The maximum Gasteiger partial charge on any atom is 0.110 e. The summed E-state index contributed by atoms with van der Waals surface area (Å²) in [5.74, 6) is 1.01. The van der Waals surface area contributed by atoms with Crippen LogP contribution in [0, 0.1) is 6.92 Å². The molecule has 2 heteroatoms. The van der Waals surface area contributed by atoms with E-state index in [1.54, 1.807) is 0 Å². The van der Waals surface area contributed by atoms with Crippen LogP contribution in [0.2, 0.25) is 0 Å². The number of fused-ring (bicyclic) bond motifs is 1. The smallest absolute Gasteiger partial charge is 0.110 e. The van der Waals surface area contributed by atoms with Crippen molar-refractivity contribution in [3.63, 3.8) is 0 Å². The topological polar surface area (TPSA) is 17.3 Å². The third kappa shape index (κ3) is 0.925. The first-order valence-electron chi connectivity index (χ1n) is 3.87. The van der Waals surface area contributed by atoms with Crippen molar-refractivity contribution in [2.24, 2.45) is 0 Å². The van der Waals surface area contributed by atoms with Crippen molar-refractivity contribution in [3.05, 3.63) is 42.5 Å². The SMILES string of the molecule is C=Cc1ccn2c(C)ncc2c1. The monoisotopic (exact) mass is 158 g/mol. The maximum atomic E-state index is 4.20. The minimum atomic E-state index is 1.01. The number of pyridine rings is 1. The Balaban J connectivity index is 2.77. The molecule has 0 unspecified atom stereocenters. The second-order valence-electron chi connectivity index (χ2n) is 2.76. The first-order chi connectivity index (χ1) is 5.81. The summed E-state index contributed by atoms with van der Waals surface area (Å²) in [7, 11) is 0. The number of nitrogens with zero attached hydrogens (tertiary/aromatic N) is 2. The van der Waals surface area contributed by atoms with Crippen molar-refractivity contribution < 1.29 is 0 Å². The molecule has 2 aromatic heterocycles. The fourth-order valence-electron chi connectivity index (χ4n) is 1.28. The highest BCUT2D eigenvalue weighted by atomic mass is 15.0. The lowest BCUT2D eigenvalue weighted by Crippen LogP contribution is -1.86. The van der Waals surface area contributed by atoms with Gasteiger partial charge in [0, 0.05) is 6.20 Å². The quantitative estimate of drug-likeness (QED) is 0.622. The Morgan fingerprint density at radius 1 is 1.58 bits per heavy atom. The van der Waals surface area contributed by atoms with Gasteiger partial charge in [0.15, 0.2) is 0 Å². The Bertz CT molecular complexity index is 426. The molecule has 0 aliphatic rings. The van der Waals surface area contributed by atoms with Crippen LogP contribution < -0.4 is 0 Å². The molecule has 0 aromatic carbocycles. The number of aryl methyl sites for hydroxylation is 1. The highest BCUT2D eigenvalue weighted by Crippen LogP contribution is 2.09. The number of imidazole rings is 1. The van der Waals surface area contributed by atoms with Gasteiger partial charge in [-0.05, 0) is 24.6 Å². The van der Waals surface area contributed by atoms with Crippen LogP contribution in [-0.4, -0.2) is 9.38 Å². The average Bonchev–Trinajstić information content (AvgIpc) is 2.47. The molecule has 2 heterocycles. The number of hydrogen-bond acceptors (Lipinski definition) is 1. The van der Waals surface area contributed by atoms with E-state index >= 15 is 0 Å². The van der Waals surface area contributed by atoms with Gasteiger partial charge >= 0.3 is 0 Å². The van der Waals surface area contributed by atoms with Crippen LogP contribution in [0.3, 0.4) is 0 Å². The molecule has 0 saturated heterocycles. The summed E-state index contributed by atoms with van der Waals surface area (Å²) >= 11 is 0. The van der Waals surface area contributed by atoms with Crippen molar-refractivity contribution in [2.45, 2.75) is 6.92 Å². The van der Waals surface area contributed by atoms with Crippen LogP contribution >= 0.6 is 0 Å². The zero-order valence-corrected chi connectivity index (χ0v) is 6.99. The molecule has 0 radical (unpaired) electrons. The molecule has 0 bridgehead atoms. The van der Waals surface area contributed by atoms with Gasteiger partial charge < -0.3 is 4.40 Å². The summed E-state index contributed by atoms with van der Waals surface area (Å²) in [6.45, 7) is 5.70. The van der Waals surface area contributed by atoms with Crippen molar-refractivity contribution in [1.82, 2.24) is 9.38 Å². The molecule has 0 atom stereocenters. The van der Waals surface area contributed by atoms with E-state index in [4.69, 9.17) is 0 Å². The van der Waals surface area contributed by atoms with Crippen LogP contribution in [0.25, 0.3) is 11.6 Å². The van der Waals surface area contributed by atoms with E-state index in [1.807, 2.05) is 35.9 Å². The summed E-state index contributed by atoms with van der Waals surface area (Å²) in [6.07, 6.45) is 5.71. The third-order valence-corrected chi connectivity index (χ3v) is 1.98. The molecular formula is C10H10N2. The zero-order valence-electron chi connectivity index (χ0n) is 6.99. The number of rotatable bonds is 1. The largest absolute Gasteiger partial charge is 0.304 e. The van der Waals surface area contributed by atoms with Gasteiger partial charge in [0.1, 0.15) is 5.82 Å². The molecular weight excluding hydrogens is 148 g/mol. The van der Waals surface area contributed by atoms with E-state index in [0.29, 0.717) is 0 Å². The molecule has 12 heavy (non-hydrogen) atoms. The lowest BCUT2D eigenvalue weighted by atomic mass is 10.2. The summed E-state index contributed by atoms with van der Waals surface area (Å²) in [5, 5.41) is 0. The van der Waals surface area contributed by atoms with Gasteiger partial charge in [0.05, 0.1) is 11.7 Å². The second-order valence-corrected chi connectivity index (χ2v) is 2.76. The minimum Gasteiger partial charge on any atom is -0.304 e. The van der Waals surface area contributed by atoms with E-state index in [2.05, 4.69) is 17.6 Å². The molecule has 0 saturated carbocycles. The van der Waals surface area contributed by atoms with Crippen molar-refractivity contribution >= 4 is 11.6 Å². The normalized spacial score (nSPS) is 10.4. The lowest BCUT2D eigenvalue weighted by Gasteiger charge is -1.96. The standard InChI is InChI=1S/C10H10N2/c1-3-9-4-5-12-8(2)11-7-10(12)6-9/h3-7H,1H2,2H3. The zero-order chi connectivity index (χ0) is 8.55. The summed E-state index contributed by atoms with van der Waals surface area (Å²) in [5.41, 5.74) is 2.24. The van der Waals surface area contributed by atoms with E-state index in [1.165, 1.54) is 0 Å². The molecule has 2 aromatic rings. The molecule has 0 spiro atoms. The third-order valence-electron chi connectivity index (χ3n) is 1.98. The van der Waals surface area contributed by atoms with Gasteiger partial charge in [0.2, 0.25) is 0 Å². The van der Waals surface area contributed by atoms with Crippen LogP contribution in [0.1, 0.15) is 11.4 Å². The Morgan fingerprint density at radius 3 is 3.17 bits per heavy atom. The van der Waals surface area contributed by atoms with Crippen LogP contribution in [0.5, 0.6) is 0 Å². The molecule has 0 N–H and O–H groups in total. The predicted molar refractivity (Wildman–Crippen MR) is 50.0 cm³/mol. The van der Waals surface area contributed by atoms with E-state index in [0.717, 1.165) is 16.9 Å². The van der Waals surface area contributed by atoms with Gasteiger partial charge in [-0.25, -0.2) is 4.98 Å². The molecule has 2 rings (SSSR count). The molecule has 0 amide bonds. The number of aromatic nitrogens is 2. The Hall–Kier alpha value is -1.57. The molecule has 0 aliphatic carbocycles. The summed E-state index contributed by atoms with van der Waals surface area (Å²) < 4.78 is 2.05. The Kier molecular flexibility index (Phi) is 1.47. The lowest BCUT2D eigenvalue weighted by molar-refractivity contribution is 1.04. The average molecular weight is 158 g/mol. The summed E-state index contributed by atoms with van der Waals surface area (Å²) in [6, 6.07) is 4.08. The van der Waals surface area contributed by atoms with Crippen molar-refractivity contribution in [2.75, 3.05) is 0 Å². The fraction of sp³-hybridized carbons (Fsp3) is 0.100. The van der Waals surface area contributed by atoms with Crippen LogP contribution in [-0.2, 0) is 0 Å². The maximum absolute atomic E-state index is 4.20. The highest BCUT2D eigenvalue weighted by molar-refractivity contribution is 5.57. The highest BCUT2D eigenvalue weighted by Gasteiger charge is 1.96. The van der Waals surface area contributed by atoms with E-state index < -0.39 is 0 Å². The van der Waals surface area contributed by atoms with Gasteiger partial charge in [0.25, 0.3) is 0 Å². The molecule has 2 nitrogen and oxygen atoms in total. The fourth-order valence-corrected chi connectivity index (χ4v) is 1.28. The van der Waals surface area contributed by atoms with Gasteiger partial charge in [-0.3, -0.25) is 0 Å². The number of hydrogen-bond donors (Lipinski definition) is 0. The van der Waals surface area contributed by atoms with Gasteiger partial charge in [-0.1, -0.05) is 12.7 Å². The van der Waals surface area contributed by atoms with E-state index in [9.17, 15) is 0 Å². The van der Waals surface area contributed by atoms with Crippen molar-refractivity contribution in [1.29, 1.82) is 0 Å². The minimum absolute atomic E-state index is 1.01. The van der Waals surface area contributed by atoms with Crippen molar-refractivity contribution in [3.8, 4) is 0 Å². The van der Waals surface area contributed by atoms with Crippen LogP contribution in [0.4, 0.5) is 0 Å². The second kappa shape index (κ2) is 2.48. The first kappa shape index (κ1) is 7.10. The Labute approximate surface area is 71.2 Å². The van der Waals surface area contributed by atoms with Gasteiger partial charge in [-0.15, -0.1) is 0 Å². The predicted octanol–water partition coefficient (Wildman–Crippen LogP) is 2.29. The summed E-state index contributed by atoms with van der Waals surface area (Å²) in [4.78, 5) is 4.20. The molecule has 0 fully saturated rings. The van der Waals surface area contributed by atoms with Gasteiger partial charge in [-0.2, -0.15) is 0 Å². The first-order valence-corrected chi connectivity index (χ1v) is 3.87.